The molecule has 9 heteroatoms. The first-order valence-corrected chi connectivity index (χ1v) is 6.66. The molecule has 6 N–H and O–H groups in total. The zero-order valence-corrected chi connectivity index (χ0v) is 11.7. The molecule has 0 aliphatic carbocycles. The molecule has 21 heavy (non-hydrogen) atoms. The third-order valence-corrected chi connectivity index (χ3v) is 3.17. The summed E-state index contributed by atoms with van der Waals surface area (Å²) in [6, 6.07) is -2.53. The third kappa shape index (κ3) is 5.38. The Morgan fingerprint density at radius 2 is 2.00 bits per heavy atom. The zero-order valence-electron chi connectivity index (χ0n) is 11.7. The van der Waals surface area contributed by atoms with Gasteiger partial charge in [0.2, 0.25) is 17.7 Å². The zero-order chi connectivity index (χ0) is 16.0. The van der Waals surface area contributed by atoms with Gasteiger partial charge in [-0.1, -0.05) is 0 Å². The van der Waals surface area contributed by atoms with Crippen molar-refractivity contribution < 1.29 is 24.3 Å². The molecule has 0 saturated carbocycles. The number of carboxylic acid groups (broad SMARTS) is 1. The van der Waals surface area contributed by atoms with Crippen molar-refractivity contribution in [2.45, 2.75) is 44.3 Å². The minimum atomic E-state index is -1.31. The summed E-state index contributed by atoms with van der Waals surface area (Å²) in [4.78, 5) is 45.3. The number of carbonyl (C=O) groups excluding carboxylic acids is 3. The number of aliphatic carboxylic acids is 1. The van der Waals surface area contributed by atoms with Crippen LogP contribution in [0.1, 0.15) is 26.2 Å². The summed E-state index contributed by atoms with van der Waals surface area (Å²) in [7, 11) is 0. The van der Waals surface area contributed by atoms with Gasteiger partial charge in [-0.05, 0) is 26.3 Å². The second kappa shape index (κ2) is 7.58. The van der Waals surface area contributed by atoms with E-state index in [4.69, 9.17) is 10.8 Å². The summed E-state index contributed by atoms with van der Waals surface area (Å²) < 4.78 is 0. The number of nitrogens with two attached hydrogens (primary N) is 1. The number of hydrogen-bond acceptors (Lipinski definition) is 5. The lowest BCUT2D eigenvalue weighted by Gasteiger charge is -2.19. The van der Waals surface area contributed by atoms with E-state index < -0.39 is 36.3 Å². The van der Waals surface area contributed by atoms with Gasteiger partial charge < -0.3 is 26.8 Å². The number of rotatable bonds is 7. The number of nitrogens with one attached hydrogen (secondary N) is 3. The highest BCUT2D eigenvalue weighted by Gasteiger charge is 2.27. The van der Waals surface area contributed by atoms with Crippen molar-refractivity contribution in [2.75, 3.05) is 6.54 Å². The lowest BCUT2D eigenvalue weighted by Crippen LogP contribution is -2.54. The van der Waals surface area contributed by atoms with Gasteiger partial charge in [0.1, 0.15) is 12.1 Å². The molecule has 1 aliphatic rings. The van der Waals surface area contributed by atoms with Crippen LogP contribution < -0.4 is 21.7 Å². The van der Waals surface area contributed by atoms with Crippen molar-refractivity contribution in [3.05, 3.63) is 0 Å². The Bertz CT molecular complexity index is 433. The molecule has 0 aromatic rings. The van der Waals surface area contributed by atoms with Crippen LogP contribution in [-0.4, -0.2) is 53.5 Å². The molecule has 1 fully saturated rings. The van der Waals surface area contributed by atoms with E-state index in [1.165, 1.54) is 6.92 Å². The molecular weight excluding hydrogens is 280 g/mol. The summed E-state index contributed by atoms with van der Waals surface area (Å²) in [6.45, 7) is 2.20. The number of hydrogen-bond donors (Lipinski definition) is 5. The van der Waals surface area contributed by atoms with Gasteiger partial charge in [0.15, 0.2) is 0 Å². The maximum Gasteiger partial charge on any atom is 0.305 e. The number of primary amides is 1. The van der Waals surface area contributed by atoms with Crippen molar-refractivity contribution in [1.29, 1.82) is 0 Å². The van der Waals surface area contributed by atoms with Crippen LogP contribution in [0.25, 0.3) is 0 Å². The summed E-state index contributed by atoms with van der Waals surface area (Å²) in [5.74, 6) is -3.16. The summed E-state index contributed by atoms with van der Waals surface area (Å²) in [5.41, 5.74) is 5.02. The Labute approximate surface area is 121 Å². The normalized spacial score (nSPS) is 20.3. The highest BCUT2D eigenvalue weighted by Crippen LogP contribution is 2.05. The van der Waals surface area contributed by atoms with E-state index in [0.717, 1.165) is 13.0 Å². The number of amides is 3. The van der Waals surface area contributed by atoms with Crippen LogP contribution in [0.2, 0.25) is 0 Å². The molecule has 0 unspecified atom stereocenters. The Hall–Kier alpha value is -2.16. The van der Waals surface area contributed by atoms with Crippen molar-refractivity contribution in [3.63, 3.8) is 0 Å². The second-order valence-corrected chi connectivity index (χ2v) is 4.94. The first-order valence-electron chi connectivity index (χ1n) is 6.66. The average Bonchev–Trinajstić information content (AvgIpc) is 2.90. The van der Waals surface area contributed by atoms with Gasteiger partial charge >= 0.3 is 5.97 Å². The van der Waals surface area contributed by atoms with E-state index in [0.29, 0.717) is 6.42 Å². The Balaban J connectivity index is 2.50. The molecule has 3 amide bonds. The smallest absolute Gasteiger partial charge is 0.305 e. The van der Waals surface area contributed by atoms with Gasteiger partial charge in [-0.2, -0.15) is 0 Å². The molecule has 1 saturated heterocycles. The Kier molecular flexibility index (Phi) is 6.10. The first kappa shape index (κ1) is 16.9. The SMILES string of the molecule is C[C@@H](NC(=O)[C@@H]1CCCN1)C(=O)N[C@H](CC(=O)O)C(N)=O. The van der Waals surface area contributed by atoms with Crippen LogP contribution in [0.4, 0.5) is 0 Å². The lowest BCUT2D eigenvalue weighted by atomic mass is 10.1. The van der Waals surface area contributed by atoms with Crippen LogP contribution >= 0.6 is 0 Å². The molecule has 1 heterocycles. The largest absolute Gasteiger partial charge is 0.481 e. The van der Waals surface area contributed by atoms with Gasteiger partial charge in [0.25, 0.3) is 0 Å². The molecule has 0 bridgehead atoms. The minimum Gasteiger partial charge on any atom is -0.481 e. The predicted octanol–water partition coefficient (Wildman–Crippen LogP) is -2.31. The van der Waals surface area contributed by atoms with Gasteiger partial charge in [0, 0.05) is 0 Å². The maximum atomic E-state index is 11.8. The van der Waals surface area contributed by atoms with Crippen molar-refractivity contribution >= 4 is 23.7 Å². The van der Waals surface area contributed by atoms with E-state index in [1.54, 1.807) is 0 Å². The minimum absolute atomic E-state index is 0.302. The van der Waals surface area contributed by atoms with Gasteiger partial charge in [-0.15, -0.1) is 0 Å². The monoisotopic (exact) mass is 300 g/mol. The predicted molar refractivity (Wildman–Crippen MR) is 72.0 cm³/mol. The lowest BCUT2D eigenvalue weighted by molar-refractivity contribution is -0.140. The van der Waals surface area contributed by atoms with E-state index in [9.17, 15) is 19.2 Å². The second-order valence-electron chi connectivity index (χ2n) is 4.94. The van der Waals surface area contributed by atoms with Crippen molar-refractivity contribution in [1.82, 2.24) is 16.0 Å². The molecule has 0 aromatic carbocycles. The third-order valence-electron chi connectivity index (χ3n) is 3.17. The van der Waals surface area contributed by atoms with Crippen LogP contribution in [0, 0.1) is 0 Å². The van der Waals surface area contributed by atoms with Gasteiger partial charge in [0.05, 0.1) is 12.5 Å². The fourth-order valence-corrected chi connectivity index (χ4v) is 1.98. The summed E-state index contributed by atoms with van der Waals surface area (Å²) in [5, 5.41) is 16.3. The fraction of sp³-hybridized carbons (Fsp3) is 0.667. The highest BCUT2D eigenvalue weighted by atomic mass is 16.4. The molecular formula is C12H20N4O5. The quantitative estimate of drug-likeness (QED) is 0.356. The molecule has 3 atom stereocenters. The van der Waals surface area contributed by atoms with E-state index >= 15 is 0 Å². The fourth-order valence-electron chi connectivity index (χ4n) is 1.98. The maximum absolute atomic E-state index is 11.8. The molecule has 0 radical (unpaired) electrons. The number of carbonyl (C=O) groups is 4. The molecule has 0 aromatic heterocycles. The van der Waals surface area contributed by atoms with E-state index in [-0.39, 0.29) is 11.9 Å². The van der Waals surface area contributed by atoms with Crippen molar-refractivity contribution in [2.24, 2.45) is 5.73 Å². The van der Waals surface area contributed by atoms with Gasteiger partial charge in [-0.3, -0.25) is 19.2 Å². The molecule has 1 aliphatic heterocycles. The van der Waals surface area contributed by atoms with Gasteiger partial charge in [-0.25, -0.2) is 0 Å². The van der Waals surface area contributed by atoms with Crippen LogP contribution in [-0.2, 0) is 19.2 Å². The van der Waals surface area contributed by atoms with E-state index in [1.807, 2.05) is 0 Å². The first-order chi connectivity index (χ1) is 9.81. The van der Waals surface area contributed by atoms with E-state index in [2.05, 4.69) is 16.0 Å². The molecule has 118 valence electrons. The Morgan fingerprint density at radius 3 is 2.48 bits per heavy atom. The average molecular weight is 300 g/mol. The molecule has 9 nitrogen and oxygen atoms in total. The standard InChI is InChI=1S/C12H20N4O5/c1-6(15-12(21)7-3-2-4-14-7)11(20)16-8(10(13)19)5-9(17)18/h6-8,14H,2-5H2,1H3,(H2,13,19)(H,15,21)(H,16,20)(H,17,18)/t6-,7+,8-/m1/s1. The van der Waals surface area contributed by atoms with Crippen LogP contribution in [0.5, 0.6) is 0 Å². The summed E-state index contributed by atoms with van der Waals surface area (Å²) in [6.07, 6.45) is 0.982. The van der Waals surface area contributed by atoms with Crippen LogP contribution in [0.15, 0.2) is 0 Å². The molecule has 1 rings (SSSR count). The van der Waals surface area contributed by atoms with Crippen molar-refractivity contribution in [3.8, 4) is 0 Å². The highest BCUT2D eigenvalue weighted by molar-refractivity contribution is 5.93. The topological polar surface area (TPSA) is 151 Å². The Morgan fingerprint density at radius 1 is 1.33 bits per heavy atom. The summed E-state index contributed by atoms with van der Waals surface area (Å²) >= 11 is 0. The number of carboxylic acids is 1. The molecule has 0 spiro atoms. The van der Waals surface area contributed by atoms with Crippen LogP contribution in [0.3, 0.4) is 0 Å².